The van der Waals surface area contributed by atoms with Crippen LogP contribution in [0.5, 0.6) is 0 Å². The van der Waals surface area contributed by atoms with Crippen molar-refractivity contribution in [3.8, 4) is 0 Å². The van der Waals surface area contributed by atoms with Gasteiger partial charge in [0.15, 0.2) is 4.34 Å². The molecule has 166 valence electrons. The van der Waals surface area contributed by atoms with E-state index in [1.54, 1.807) is 30.0 Å². The summed E-state index contributed by atoms with van der Waals surface area (Å²) in [7, 11) is 0. The molecular weight excluding hydrogens is 507 g/mol. The summed E-state index contributed by atoms with van der Waals surface area (Å²) < 4.78 is 1.75. The van der Waals surface area contributed by atoms with Crippen LogP contribution in [0.1, 0.15) is 26.3 Å². The Hall–Kier alpha value is -2.90. The molecule has 0 fully saturated rings. The first kappa shape index (κ1) is 21.6. The van der Waals surface area contributed by atoms with Crippen molar-refractivity contribution >= 4 is 84.8 Å². The van der Waals surface area contributed by atoms with Gasteiger partial charge in [-0.3, -0.25) is 9.59 Å². The van der Waals surface area contributed by atoms with E-state index >= 15 is 0 Å². The van der Waals surface area contributed by atoms with Gasteiger partial charge >= 0.3 is 0 Å². The predicted molar refractivity (Wildman–Crippen MR) is 141 cm³/mol. The third-order valence-corrected chi connectivity index (χ3v) is 8.68. The van der Waals surface area contributed by atoms with Crippen molar-refractivity contribution in [2.75, 3.05) is 4.90 Å². The van der Waals surface area contributed by atoms with Crippen molar-refractivity contribution in [2.24, 2.45) is 0 Å². The number of imide groups is 1. The summed E-state index contributed by atoms with van der Waals surface area (Å²) in [5.41, 5.74) is 3.27. The number of anilines is 1. The molecule has 34 heavy (non-hydrogen) atoms. The molecule has 8 heteroatoms. The quantitative estimate of drug-likeness (QED) is 0.179. The maximum Gasteiger partial charge on any atom is 0.265 e. The van der Waals surface area contributed by atoms with Crippen LogP contribution in [0, 0.1) is 0 Å². The van der Waals surface area contributed by atoms with Gasteiger partial charge in [-0.25, -0.2) is 9.88 Å². The van der Waals surface area contributed by atoms with Gasteiger partial charge in [-0.1, -0.05) is 65.3 Å². The Kier molecular flexibility index (Phi) is 5.34. The zero-order chi connectivity index (χ0) is 23.4. The number of carbonyl (C=O) groups is 2. The second kappa shape index (κ2) is 8.40. The molecule has 1 aliphatic heterocycles. The van der Waals surface area contributed by atoms with Gasteiger partial charge in [-0.05, 0) is 53.4 Å². The van der Waals surface area contributed by atoms with Gasteiger partial charge in [0.1, 0.15) is 0 Å². The number of fused-ring (bicyclic) bond motifs is 1. The van der Waals surface area contributed by atoms with Gasteiger partial charge in [0, 0.05) is 32.3 Å². The summed E-state index contributed by atoms with van der Waals surface area (Å²) >= 11 is 15.6. The van der Waals surface area contributed by atoms with E-state index < -0.39 is 0 Å². The van der Waals surface area contributed by atoms with Gasteiger partial charge in [-0.15, -0.1) is 11.3 Å². The predicted octanol–water partition coefficient (Wildman–Crippen LogP) is 7.85. The summed E-state index contributed by atoms with van der Waals surface area (Å²) in [6.07, 6.45) is 0. The highest BCUT2D eigenvalue weighted by Crippen LogP contribution is 2.38. The Balaban J connectivity index is 1.34. The van der Waals surface area contributed by atoms with Crippen LogP contribution in [0.15, 0.2) is 77.1 Å². The van der Waals surface area contributed by atoms with Gasteiger partial charge in [0.25, 0.3) is 11.8 Å². The lowest BCUT2D eigenvalue weighted by atomic mass is 9.94. The second-order valence-corrected chi connectivity index (χ2v) is 10.8. The van der Waals surface area contributed by atoms with Crippen LogP contribution in [0.3, 0.4) is 0 Å². The molecule has 0 radical (unpaired) electrons. The number of aromatic nitrogens is 1. The fourth-order valence-corrected chi connectivity index (χ4v) is 7.01. The van der Waals surface area contributed by atoms with E-state index in [-0.39, 0.29) is 11.8 Å². The first-order valence-electron chi connectivity index (χ1n) is 10.4. The highest BCUT2D eigenvalue weighted by molar-refractivity contribution is 8.00. The topological polar surface area (TPSA) is 50.3 Å². The molecule has 5 aromatic rings. The number of carbonyl (C=O) groups excluding carboxylic acids is 2. The zero-order valence-corrected chi connectivity index (χ0v) is 20.6. The van der Waals surface area contributed by atoms with Gasteiger partial charge in [-0.2, -0.15) is 0 Å². The third-order valence-electron chi connectivity index (χ3n) is 5.78. The third kappa shape index (κ3) is 3.49. The number of amides is 2. The van der Waals surface area contributed by atoms with Crippen molar-refractivity contribution < 1.29 is 9.59 Å². The molecule has 2 amide bonds. The maximum atomic E-state index is 13.3. The number of benzene rings is 4. The molecule has 0 atom stereocenters. The molecule has 6 rings (SSSR count). The summed E-state index contributed by atoms with van der Waals surface area (Å²) in [4.78, 5) is 32.6. The van der Waals surface area contributed by atoms with Crippen LogP contribution in [-0.2, 0) is 5.75 Å². The first-order chi connectivity index (χ1) is 16.5. The minimum Gasteiger partial charge on any atom is -0.268 e. The van der Waals surface area contributed by atoms with E-state index in [9.17, 15) is 9.59 Å². The molecule has 2 heterocycles. The molecule has 1 aromatic heterocycles. The smallest absolute Gasteiger partial charge is 0.265 e. The molecule has 4 aromatic carbocycles. The molecule has 0 aliphatic carbocycles. The van der Waals surface area contributed by atoms with Crippen molar-refractivity contribution in [3.05, 3.63) is 99.5 Å². The number of halogens is 2. The zero-order valence-electron chi connectivity index (χ0n) is 17.4. The van der Waals surface area contributed by atoms with Crippen molar-refractivity contribution in [1.29, 1.82) is 0 Å². The average Bonchev–Trinajstić information content (AvgIpc) is 3.24. The van der Waals surface area contributed by atoms with Gasteiger partial charge < -0.3 is 0 Å². The van der Waals surface area contributed by atoms with Crippen LogP contribution < -0.4 is 4.90 Å². The van der Waals surface area contributed by atoms with Crippen LogP contribution in [0.2, 0.25) is 10.0 Å². The Labute approximate surface area is 213 Å². The first-order valence-corrected chi connectivity index (χ1v) is 12.9. The highest BCUT2D eigenvalue weighted by atomic mass is 35.5. The summed E-state index contributed by atoms with van der Waals surface area (Å²) in [6.45, 7) is 0. The molecule has 0 saturated heterocycles. The highest BCUT2D eigenvalue weighted by Gasteiger charge is 2.34. The normalized spacial score (nSPS) is 13.3. The molecule has 0 N–H and O–H groups in total. The number of hydrogen-bond donors (Lipinski definition) is 0. The van der Waals surface area contributed by atoms with Gasteiger partial charge in [0.05, 0.1) is 15.9 Å². The maximum absolute atomic E-state index is 13.3. The minimum atomic E-state index is -0.318. The van der Waals surface area contributed by atoms with E-state index in [0.29, 0.717) is 38.0 Å². The molecule has 0 saturated carbocycles. The number of thiazole rings is 1. The summed E-state index contributed by atoms with van der Waals surface area (Å²) in [5.74, 6) is -0.0445. The van der Waals surface area contributed by atoms with Gasteiger partial charge in [0.2, 0.25) is 0 Å². The molecule has 0 unspecified atom stereocenters. The van der Waals surface area contributed by atoms with Crippen molar-refractivity contribution in [1.82, 2.24) is 4.98 Å². The lowest BCUT2D eigenvalue weighted by Gasteiger charge is -2.27. The second-order valence-electron chi connectivity index (χ2n) is 7.78. The fourth-order valence-electron chi connectivity index (χ4n) is 4.16. The van der Waals surface area contributed by atoms with E-state index in [2.05, 4.69) is 4.98 Å². The average molecular weight is 521 g/mol. The monoisotopic (exact) mass is 520 g/mol. The number of rotatable bonds is 4. The SMILES string of the molecule is O=C1c2cccc3cccc(c23)C(=O)N1c1ccc2nc(SCc3c(Cl)cccc3Cl)sc2c1. The largest absolute Gasteiger partial charge is 0.268 e. The van der Waals surface area contributed by atoms with E-state index in [4.69, 9.17) is 23.2 Å². The number of nitrogens with zero attached hydrogens (tertiary/aromatic N) is 2. The standard InChI is InChI=1S/C26H14Cl2N2O2S2/c27-19-8-3-9-20(28)18(19)13-33-26-29-21-11-10-15(12-22(21)34-26)30-24(31)16-6-1-4-14-5-2-7-17(23(14)16)25(30)32/h1-12H,13H2. The van der Waals surface area contributed by atoms with Crippen LogP contribution in [0.4, 0.5) is 5.69 Å². The Bertz CT molecular complexity index is 1580. The van der Waals surface area contributed by atoms with Crippen molar-refractivity contribution in [2.45, 2.75) is 10.1 Å². The Morgan fingerprint density at radius 2 is 1.50 bits per heavy atom. The lowest BCUT2D eigenvalue weighted by Crippen LogP contribution is -2.40. The van der Waals surface area contributed by atoms with Crippen LogP contribution in [0.25, 0.3) is 21.0 Å². The number of hydrogen-bond acceptors (Lipinski definition) is 5. The van der Waals surface area contributed by atoms with Crippen molar-refractivity contribution in [3.63, 3.8) is 0 Å². The van der Waals surface area contributed by atoms with Crippen LogP contribution in [-0.4, -0.2) is 16.8 Å². The summed E-state index contributed by atoms with van der Waals surface area (Å²) in [5, 5.41) is 2.85. The fraction of sp³-hybridized carbons (Fsp3) is 0.0385. The van der Waals surface area contributed by atoms with E-state index in [1.807, 2.05) is 54.6 Å². The molecule has 0 bridgehead atoms. The lowest BCUT2D eigenvalue weighted by molar-refractivity contribution is 0.0893. The Morgan fingerprint density at radius 3 is 2.18 bits per heavy atom. The van der Waals surface area contributed by atoms with E-state index in [0.717, 1.165) is 25.5 Å². The molecular formula is C26H14Cl2N2O2S2. The Morgan fingerprint density at radius 1 is 0.853 bits per heavy atom. The summed E-state index contributed by atoms with van der Waals surface area (Å²) in [6, 6.07) is 22.0. The molecule has 4 nitrogen and oxygen atoms in total. The number of thioether (sulfide) groups is 1. The van der Waals surface area contributed by atoms with E-state index in [1.165, 1.54) is 16.2 Å². The van der Waals surface area contributed by atoms with Crippen LogP contribution >= 0.6 is 46.3 Å². The molecule has 1 aliphatic rings. The minimum absolute atomic E-state index is 0.318. The molecule has 0 spiro atoms.